The van der Waals surface area contributed by atoms with Crippen LogP contribution in [0.5, 0.6) is 0 Å². The fourth-order valence-electron chi connectivity index (χ4n) is 3.11. The van der Waals surface area contributed by atoms with Gasteiger partial charge in [-0.2, -0.15) is 0 Å². The Bertz CT molecular complexity index is 985. The van der Waals surface area contributed by atoms with E-state index in [0.29, 0.717) is 53.7 Å². The van der Waals surface area contributed by atoms with E-state index in [4.69, 9.17) is 22.1 Å². The zero-order chi connectivity index (χ0) is 18.8. The Morgan fingerprint density at radius 3 is 2.78 bits per heavy atom. The Morgan fingerprint density at radius 2 is 1.96 bits per heavy atom. The van der Waals surface area contributed by atoms with Gasteiger partial charge in [-0.25, -0.2) is 15.0 Å². The van der Waals surface area contributed by atoms with Crippen LogP contribution < -0.4 is 5.73 Å². The number of pyridine rings is 1. The number of carbonyl (C=O) groups excluding carboxylic acids is 1. The molecule has 0 saturated carbocycles. The number of aromatic nitrogens is 3. The smallest absolute Gasteiger partial charge is 0.254 e. The average Bonchev–Trinajstić information content (AvgIpc) is 2.97. The van der Waals surface area contributed by atoms with Gasteiger partial charge in [0.15, 0.2) is 0 Å². The van der Waals surface area contributed by atoms with Crippen molar-refractivity contribution in [1.82, 2.24) is 19.9 Å². The highest BCUT2D eigenvalue weighted by Gasteiger charge is 2.21. The number of nitrogens with two attached hydrogens (primary N) is 1. The minimum absolute atomic E-state index is 0.0622. The monoisotopic (exact) mass is 383 g/mol. The first-order valence-corrected chi connectivity index (χ1v) is 9.05. The molecule has 2 N–H and O–H groups in total. The molecule has 0 aliphatic carbocycles. The van der Waals surface area contributed by atoms with Crippen molar-refractivity contribution in [2.24, 2.45) is 0 Å². The third kappa shape index (κ3) is 3.70. The molecule has 2 aromatic heterocycles. The second-order valence-corrected chi connectivity index (χ2v) is 6.74. The van der Waals surface area contributed by atoms with Crippen molar-refractivity contribution in [2.45, 2.75) is 6.42 Å². The van der Waals surface area contributed by atoms with Crippen LogP contribution in [-0.2, 0) is 4.74 Å². The average molecular weight is 384 g/mol. The number of hydrogen-bond donors (Lipinski definition) is 1. The maximum atomic E-state index is 13.3. The first kappa shape index (κ1) is 17.6. The Morgan fingerprint density at radius 1 is 1.15 bits per heavy atom. The number of rotatable bonds is 2. The number of carbonyl (C=O) groups is 1. The number of anilines is 1. The maximum absolute atomic E-state index is 13.3. The molecular formula is C19H18ClN5O2. The van der Waals surface area contributed by atoms with Gasteiger partial charge in [0.05, 0.1) is 23.4 Å². The molecule has 4 rings (SSSR count). The molecule has 8 heteroatoms. The standard InChI is InChI=1S/C19H18ClN5O2/c20-13-2-3-16-14(8-13)15(18(26)25-4-1-6-27-7-5-25)9-17(24-16)12-10-22-19(21)23-11-12/h2-3,8-11H,1,4-7H2,(H2,21,22,23). The van der Waals surface area contributed by atoms with Crippen molar-refractivity contribution in [3.05, 3.63) is 47.2 Å². The molecular weight excluding hydrogens is 366 g/mol. The highest BCUT2D eigenvalue weighted by Crippen LogP contribution is 2.28. The summed E-state index contributed by atoms with van der Waals surface area (Å²) in [5.74, 6) is 0.125. The predicted molar refractivity (Wildman–Crippen MR) is 104 cm³/mol. The van der Waals surface area contributed by atoms with Crippen LogP contribution >= 0.6 is 11.6 Å². The second-order valence-electron chi connectivity index (χ2n) is 6.30. The number of hydrogen-bond acceptors (Lipinski definition) is 6. The van der Waals surface area contributed by atoms with Gasteiger partial charge < -0.3 is 15.4 Å². The number of nitrogen functional groups attached to an aromatic ring is 1. The van der Waals surface area contributed by atoms with E-state index in [1.807, 2.05) is 11.0 Å². The van der Waals surface area contributed by atoms with E-state index >= 15 is 0 Å². The van der Waals surface area contributed by atoms with E-state index < -0.39 is 0 Å². The van der Waals surface area contributed by atoms with Crippen LogP contribution in [0.15, 0.2) is 36.7 Å². The minimum atomic E-state index is -0.0622. The lowest BCUT2D eigenvalue weighted by Gasteiger charge is -2.21. The SMILES string of the molecule is Nc1ncc(-c2cc(C(=O)N3CCCOCC3)c3cc(Cl)ccc3n2)cn1. The maximum Gasteiger partial charge on any atom is 0.254 e. The van der Waals surface area contributed by atoms with E-state index in [-0.39, 0.29) is 11.9 Å². The van der Waals surface area contributed by atoms with Crippen LogP contribution in [-0.4, -0.2) is 52.1 Å². The third-order valence-electron chi connectivity index (χ3n) is 4.48. The topological polar surface area (TPSA) is 94.2 Å². The summed E-state index contributed by atoms with van der Waals surface area (Å²) in [5, 5.41) is 1.28. The molecule has 1 saturated heterocycles. The minimum Gasteiger partial charge on any atom is -0.380 e. The number of fused-ring (bicyclic) bond motifs is 1. The number of benzene rings is 1. The fraction of sp³-hybridized carbons (Fsp3) is 0.263. The summed E-state index contributed by atoms with van der Waals surface area (Å²) in [4.78, 5) is 27.8. The van der Waals surface area contributed by atoms with Crippen molar-refractivity contribution in [2.75, 3.05) is 32.0 Å². The molecule has 0 unspecified atom stereocenters. The van der Waals surface area contributed by atoms with Gasteiger partial charge in [0.25, 0.3) is 5.91 Å². The largest absolute Gasteiger partial charge is 0.380 e. The van der Waals surface area contributed by atoms with Crippen molar-refractivity contribution in [1.29, 1.82) is 0 Å². The van der Waals surface area contributed by atoms with E-state index in [9.17, 15) is 4.79 Å². The van der Waals surface area contributed by atoms with Crippen LogP contribution in [0.4, 0.5) is 5.95 Å². The summed E-state index contributed by atoms with van der Waals surface area (Å²) < 4.78 is 5.47. The molecule has 0 atom stereocenters. The highest BCUT2D eigenvalue weighted by atomic mass is 35.5. The van der Waals surface area contributed by atoms with Crippen LogP contribution in [0, 0.1) is 0 Å². The molecule has 1 fully saturated rings. The summed E-state index contributed by atoms with van der Waals surface area (Å²) in [5.41, 5.74) is 8.11. The first-order valence-electron chi connectivity index (χ1n) is 8.67. The van der Waals surface area contributed by atoms with Crippen molar-refractivity contribution in [3.8, 4) is 11.3 Å². The summed E-state index contributed by atoms with van der Waals surface area (Å²) in [6, 6.07) is 7.10. The summed E-state index contributed by atoms with van der Waals surface area (Å²) in [6.45, 7) is 2.42. The Labute approximate surface area is 161 Å². The molecule has 27 heavy (non-hydrogen) atoms. The molecule has 0 bridgehead atoms. The Kier molecular flexibility index (Phi) is 4.87. The van der Waals surface area contributed by atoms with Crippen LogP contribution in [0.1, 0.15) is 16.8 Å². The predicted octanol–water partition coefficient (Wildman–Crippen LogP) is 2.79. The highest BCUT2D eigenvalue weighted by molar-refractivity contribution is 6.31. The van der Waals surface area contributed by atoms with E-state index in [1.165, 1.54) is 0 Å². The number of amides is 1. The van der Waals surface area contributed by atoms with E-state index in [0.717, 1.165) is 11.8 Å². The summed E-state index contributed by atoms with van der Waals surface area (Å²) in [7, 11) is 0. The van der Waals surface area contributed by atoms with Crippen molar-refractivity contribution >= 4 is 34.4 Å². The van der Waals surface area contributed by atoms with Crippen molar-refractivity contribution < 1.29 is 9.53 Å². The van der Waals surface area contributed by atoms with E-state index in [1.54, 1.807) is 30.6 Å². The zero-order valence-corrected chi connectivity index (χ0v) is 15.3. The third-order valence-corrected chi connectivity index (χ3v) is 4.71. The molecule has 1 aliphatic rings. The van der Waals surface area contributed by atoms with E-state index in [2.05, 4.69) is 15.0 Å². The zero-order valence-electron chi connectivity index (χ0n) is 14.6. The number of halogens is 1. The fourth-order valence-corrected chi connectivity index (χ4v) is 3.28. The summed E-state index contributed by atoms with van der Waals surface area (Å²) in [6.07, 6.45) is 4.01. The van der Waals surface area contributed by atoms with Gasteiger partial charge in [0, 0.05) is 48.1 Å². The van der Waals surface area contributed by atoms with Crippen LogP contribution in [0.3, 0.4) is 0 Å². The number of nitrogens with zero attached hydrogens (tertiary/aromatic N) is 4. The molecule has 138 valence electrons. The molecule has 3 heterocycles. The molecule has 1 aromatic carbocycles. The van der Waals surface area contributed by atoms with Gasteiger partial charge in [0.2, 0.25) is 5.95 Å². The van der Waals surface area contributed by atoms with Crippen LogP contribution in [0.25, 0.3) is 22.2 Å². The summed E-state index contributed by atoms with van der Waals surface area (Å²) >= 11 is 6.17. The molecule has 7 nitrogen and oxygen atoms in total. The lowest BCUT2D eigenvalue weighted by Crippen LogP contribution is -2.33. The lowest BCUT2D eigenvalue weighted by molar-refractivity contribution is 0.0743. The van der Waals surface area contributed by atoms with Gasteiger partial charge in [-0.1, -0.05) is 11.6 Å². The quantitative estimate of drug-likeness (QED) is 0.731. The normalized spacial score (nSPS) is 14.9. The van der Waals surface area contributed by atoms with Crippen molar-refractivity contribution in [3.63, 3.8) is 0 Å². The molecule has 3 aromatic rings. The molecule has 1 amide bonds. The van der Waals surface area contributed by atoms with Gasteiger partial charge in [-0.15, -0.1) is 0 Å². The Hall–Kier alpha value is -2.77. The Balaban J connectivity index is 1.84. The van der Waals surface area contributed by atoms with Gasteiger partial charge in [-0.05, 0) is 30.7 Å². The first-order chi connectivity index (χ1) is 13.1. The lowest BCUT2D eigenvalue weighted by atomic mass is 10.0. The van der Waals surface area contributed by atoms with Gasteiger partial charge in [-0.3, -0.25) is 4.79 Å². The number of ether oxygens (including phenoxy) is 1. The molecule has 1 aliphatic heterocycles. The second kappa shape index (κ2) is 7.46. The van der Waals surface area contributed by atoms with Crippen LogP contribution in [0.2, 0.25) is 5.02 Å². The van der Waals surface area contributed by atoms with Gasteiger partial charge >= 0.3 is 0 Å². The molecule has 0 spiro atoms. The van der Waals surface area contributed by atoms with Gasteiger partial charge in [0.1, 0.15) is 0 Å². The molecule has 0 radical (unpaired) electrons.